The number of thiazole rings is 1. The lowest BCUT2D eigenvalue weighted by Gasteiger charge is -1.84. The molecule has 86 valence electrons. The van der Waals surface area contributed by atoms with Crippen LogP contribution in [0.1, 0.15) is 16.3 Å². The zero-order valence-electron chi connectivity index (χ0n) is 8.57. The Labute approximate surface area is 108 Å². The van der Waals surface area contributed by atoms with E-state index in [1.807, 2.05) is 12.1 Å². The van der Waals surface area contributed by atoms with Crippen molar-refractivity contribution in [3.8, 4) is 11.8 Å². The fourth-order valence-electron chi connectivity index (χ4n) is 1.02. The van der Waals surface area contributed by atoms with Crippen LogP contribution in [0.4, 0.5) is 0 Å². The molecule has 2 heterocycles. The Bertz CT molecular complexity index is 557. The van der Waals surface area contributed by atoms with Gasteiger partial charge in [-0.25, -0.2) is 4.98 Å². The van der Waals surface area contributed by atoms with E-state index >= 15 is 0 Å². The van der Waals surface area contributed by atoms with Crippen molar-refractivity contribution < 1.29 is 5.21 Å². The molecule has 6 heteroatoms. The van der Waals surface area contributed by atoms with E-state index in [1.54, 1.807) is 17.8 Å². The third-order valence-corrected chi connectivity index (χ3v) is 2.46. The number of aromatic nitrogens is 2. The Morgan fingerprint density at radius 1 is 1.41 bits per heavy atom. The second kappa shape index (κ2) is 6.63. The SMILES string of the molecule is Cl.ON=Cc1csc(C#Cc2cccnc2)n1. The van der Waals surface area contributed by atoms with Crippen LogP contribution in [0.2, 0.25) is 0 Å². The van der Waals surface area contributed by atoms with Gasteiger partial charge in [-0.05, 0) is 18.1 Å². The van der Waals surface area contributed by atoms with Crippen molar-refractivity contribution in [2.24, 2.45) is 5.16 Å². The first-order valence-electron chi connectivity index (χ1n) is 4.43. The molecule has 0 unspecified atom stereocenters. The molecule has 0 saturated carbocycles. The van der Waals surface area contributed by atoms with E-state index in [4.69, 9.17) is 5.21 Å². The highest BCUT2D eigenvalue weighted by molar-refractivity contribution is 7.10. The molecule has 2 aromatic heterocycles. The van der Waals surface area contributed by atoms with Gasteiger partial charge in [-0.1, -0.05) is 11.1 Å². The van der Waals surface area contributed by atoms with E-state index in [0.29, 0.717) is 10.7 Å². The second-order valence-electron chi connectivity index (χ2n) is 2.81. The fraction of sp³-hybridized carbons (Fsp3) is 0. The predicted octanol–water partition coefficient (Wildman–Crippen LogP) is 2.17. The average molecular weight is 266 g/mol. The number of nitrogens with zero attached hydrogens (tertiary/aromatic N) is 3. The minimum Gasteiger partial charge on any atom is -0.411 e. The summed E-state index contributed by atoms with van der Waals surface area (Å²) in [7, 11) is 0. The monoisotopic (exact) mass is 265 g/mol. The number of oxime groups is 1. The minimum absolute atomic E-state index is 0. The lowest BCUT2D eigenvalue weighted by atomic mass is 10.3. The maximum absolute atomic E-state index is 8.33. The predicted molar refractivity (Wildman–Crippen MR) is 69.0 cm³/mol. The van der Waals surface area contributed by atoms with E-state index in [9.17, 15) is 0 Å². The first-order chi connectivity index (χ1) is 7.88. The first-order valence-corrected chi connectivity index (χ1v) is 5.31. The Hall–Kier alpha value is -1.90. The van der Waals surface area contributed by atoms with Gasteiger partial charge in [0.15, 0.2) is 5.01 Å². The molecule has 0 bridgehead atoms. The smallest absolute Gasteiger partial charge is 0.167 e. The zero-order valence-corrected chi connectivity index (χ0v) is 10.2. The van der Waals surface area contributed by atoms with Crippen LogP contribution in [-0.2, 0) is 0 Å². The molecule has 0 amide bonds. The normalized spacial score (nSPS) is 9.41. The summed E-state index contributed by atoms with van der Waals surface area (Å²) in [6, 6.07) is 3.71. The molecule has 2 aromatic rings. The summed E-state index contributed by atoms with van der Waals surface area (Å²) in [6.07, 6.45) is 4.66. The molecule has 0 aliphatic heterocycles. The van der Waals surface area contributed by atoms with Gasteiger partial charge in [0.25, 0.3) is 0 Å². The lowest BCUT2D eigenvalue weighted by Crippen LogP contribution is -1.81. The van der Waals surface area contributed by atoms with Crippen molar-refractivity contribution in [2.75, 3.05) is 0 Å². The van der Waals surface area contributed by atoms with Crippen LogP contribution in [0.25, 0.3) is 0 Å². The molecule has 0 saturated heterocycles. The maximum Gasteiger partial charge on any atom is 0.167 e. The van der Waals surface area contributed by atoms with Crippen molar-refractivity contribution >= 4 is 30.0 Å². The molecule has 0 spiro atoms. The Kier molecular flexibility index (Phi) is 5.14. The molecule has 0 aliphatic carbocycles. The molecule has 1 N–H and O–H groups in total. The van der Waals surface area contributed by atoms with Crippen LogP contribution in [0, 0.1) is 11.8 Å². The third kappa shape index (κ3) is 3.87. The van der Waals surface area contributed by atoms with E-state index in [1.165, 1.54) is 17.6 Å². The Balaban J connectivity index is 0.00000144. The Morgan fingerprint density at radius 2 is 2.29 bits per heavy atom. The quantitative estimate of drug-likeness (QED) is 0.372. The van der Waals surface area contributed by atoms with Gasteiger partial charge < -0.3 is 5.21 Å². The number of hydrogen-bond acceptors (Lipinski definition) is 5. The second-order valence-corrected chi connectivity index (χ2v) is 3.67. The van der Waals surface area contributed by atoms with Crippen molar-refractivity contribution in [1.29, 1.82) is 0 Å². The summed E-state index contributed by atoms with van der Waals surface area (Å²) in [5.41, 5.74) is 1.44. The molecule has 0 aliphatic rings. The zero-order chi connectivity index (χ0) is 11.2. The van der Waals surface area contributed by atoms with E-state index in [2.05, 4.69) is 27.0 Å². The molecule has 17 heavy (non-hydrogen) atoms. The van der Waals surface area contributed by atoms with E-state index in [0.717, 1.165) is 5.56 Å². The molecule has 0 atom stereocenters. The summed E-state index contributed by atoms with van der Waals surface area (Å²) in [5.74, 6) is 5.86. The number of hydrogen-bond donors (Lipinski definition) is 1. The van der Waals surface area contributed by atoms with Crippen LogP contribution < -0.4 is 0 Å². The van der Waals surface area contributed by atoms with Crippen molar-refractivity contribution in [3.63, 3.8) is 0 Å². The van der Waals surface area contributed by atoms with Crippen LogP contribution >= 0.6 is 23.7 Å². The average Bonchev–Trinajstić information content (AvgIpc) is 2.76. The molecule has 2 rings (SSSR count). The summed E-state index contributed by atoms with van der Waals surface area (Å²) in [4.78, 5) is 8.09. The van der Waals surface area contributed by atoms with Crippen LogP contribution in [0.5, 0.6) is 0 Å². The highest BCUT2D eigenvalue weighted by atomic mass is 35.5. The number of halogens is 1. The van der Waals surface area contributed by atoms with Gasteiger partial charge >= 0.3 is 0 Å². The van der Waals surface area contributed by atoms with Crippen LogP contribution in [-0.4, -0.2) is 21.4 Å². The first kappa shape index (κ1) is 13.2. The van der Waals surface area contributed by atoms with Gasteiger partial charge in [0.2, 0.25) is 0 Å². The number of rotatable bonds is 1. The summed E-state index contributed by atoms with van der Waals surface area (Å²) in [5, 5.41) is 13.7. The van der Waals surface area contributed by atoms with Gasteiger partial charge in [0.1, 0.15) is 0 Å². The van der Waals surface area contributed by atoms with Crippen molar-refractivity contribution in [1.82, 2.24) is 9.97 Å². The summed E-state index contributed by atoms with van der Waals surface area (Å²) in [6.45, 7) is 0. The van der Waals surface area contributed by atoms with Gasteiger partial charge in [-0.15, -0.1) is 23.7 Å². The molecule has 4 nitrogen and oxygen atoms in total. The standard InChI is InChI=1S/C11H7N3OS.ClH/c15-13-7-10-8-16-11(14-10)4-3-9-2-1-5-12-6-9;/h1-2,5-8,15H;1H. The van der Waals surface area contributed by atoms with E-state index in [-0.39, 0.29) is 12.4 Å². The molecular weight excluding hydrogens is 258 g/mol. The van der Waals surface area contributed by atoms with Crippen molar-refractivity contribution in [3.05, 3.63) is 46.2 Å². The molecule has 0 fully saturated rings. The highest BCUT2D eigenvalue weighted by Crippen LogP contribution is 2.06. The lowest BCUT2D eigenvalue weighted by molar-refractivity contribution is 0.321. The van der Waals surface area contributed by atoms with Crippen LogP contribution in [0.15, 0.2) is 35.1 Å². The number of pyridine rings is 1. The minimum atomic E-state index is 0. The van der Waals surface area contributed by atoms with E-state index < -0.39 is 0 Å². The van der Waals surface area contributed by atoms with Crippen LogP contribution in [0.3, 0.4) is 0 Å². The Morgan fingerprint density at radius 3 is 3.00 bits per heavy atom. The van der Waals surface area contributed by atoms with Gasteiger partial charge in [0.05, 0.1) is 11.9 Å². The summed E-state index contributed by atoms with van der Waals surface area (Å²) >= 11 is 1.40. The van der Waals surface area contributed by atoms with Gasteiger partial charge in [0, 0.05) is 23.3 Å². The molecular formula is C11H8ClN3OS. The largest absolute Gasteiger partial charge is 0.411 e. The van der Waals surface area contributed by atoms with Crippen molar-refractivity contribution in [2.45, 2.75) is 0 Å². The van der Waals surface area contributed by atoms with Gasteiger partial charge in [-0.3, -0.25) is 4.98 Å². The highest BCUT2D eigenvalue weighted by Gasteiger charge is 1.95. The fourth-order valence-corrected chi connectivity index (χ4v) is 1.64. The molecule has 0 aromatic carbocycles. The maximum atomic E-state index is 8.33. The summed E-state index contributed by atoms with van der Waals surface area (Å²) < 4.78 is 0. The third-order valence-electron chi connectivity index (χ3n) is 1.69. The molecule has 0 radical (unpaired) electrons. The van der Waals surface area contributed by atoms with Gasteiger partial charge in [-0.2, -0.15) is 0 Å². The topological polar surface area (TPSA) is 58.4 Å².